The minimum atomic E-state index is -0.500. The van der Waals surface area contributed by atoms with E-state index >= 15 is 0 Å². The molecule has 150 valence electrons. The van der Waals surface area contributed by atoms with Gasteiger partial charge in [0, 0.05) is 18.1 Å². The van der Waals surface area contributed by atoms with Crippen LogP contribution in [0.1, 0.15) is 43.4 Å². The molecule has 1 N–H and O–H groups in total. The van der Waals surface area contributed by atoms with Crippen molar-refractivity contribution in [3.63, 3.8) is 0 Å². The van der Waals surface area contributed by atoms with Crippen molar-refractivity contribution in [2.24, 2.45) is 0 Å². The molecular weight excluding hydrogens is 372 g/mol. The second-order valence-corrected chi connectivity index (χ2v) is 7.47. The van der Waals surface area contributed by atoms with Crippen LogP contribution >= 0.6 is 11.6 Å². The molecule has 0 aliphatic rings. The summed E-state index contributed by atoms with van der Waals surface area (Å²) in [6, 6.07) is 14.8. The fourth-order valence-electron chi connectivity index (χ4n) is 3.17. The average Bonchev–Trinajstić information content (AvgIpc) is 2.67. The highest BCUT2D eigenvalue weighted by molar-refractivity contribution is 6.30. The van der Waals surface area contributed by atoms with Crippen LogP contribution in [0.15, 0.2) is 48.5 Å². The summed E-state index contributed by atoms with van der Waals surface area (Å²) < 4.78 is 0. The van der Waals surface area contributed by atoms with Crippen LogP contribution in [0, 0.1) is 6.92 Å². The summed E-state index contributed by atoms with van der Waals surface area (Å²) >= 11 is 5.99. The zero-order valence-electron chi connectivity index (χ0n) is 16.9. The largest absolute Gasteiger partial charge is 0.354 e. The average molecular weight is 401 g/mol. The molecule has 0 fully saturated rings. The van der Waals surface area contributed by atoms with E-state index in [2.05, 4.69) is 5.32 Å². The number of halogens is 1. The molecule has 0 heterocycles. The molecule has 0 unspecified atom stereocenters. The first-order chi connectivity index (χ1) is 13.4. The molecule has 2 aromatic carbocycles. The Balaban J connectivity index is 2.26. The van der Waals surface area contributed by atoms with Gasteiger partial charge in [-0.25, -0.2) is 0 Å². The molecular formula is C23H29ClN2O2. The predicted molar refractivity (Wildman–Crippen MR) is 114 cm³/mol. The number of hydrogen-bond donors (Lipinski definition) is 1. The maximum atomic E-state index is 13.2. The smallest absolute Gasteiger partial charge is 0.242 e. The van der Waals surface area contributed by atoms with Crippen LogP contribution in [0.3, 0.4) is 0 Å². The van der Waals surface area contributed by atoms with E-state index in [1.165, 1.54) is 0 Å². The number of amides is 2. The second-order valence-electron chi connectivity index (χ2n) is 7.03. The molecule has 0 bridgehead atoms. The van der Waals surface area contributed by atoms with Crippen molar-refractivity contribution in [2.75, 3.05) is 6.54 Å². The molecule has 0 saturated carbocycles. The number of carbonyl (C=O) groups is 2. The van der Waals surface area contributed by atoms with E-state index in [1.54, 1.807) is 17.0 Å². The van der Waals surface area contributed by atoms with Crippen molar-refractivity contribution in [3.05, 3.63) is 70.2 Å². The molecule has 28 heavy (non-hydrogen) atoms. The highest BCUT2D eigenvalue weighted by Crippen LogP contribution is 2.17. The van der Waals surface area contributed by atoms with Gasteiger partial charge in [-0.3, -0.25) is 9.59 Å². The molecule has 0 radical (unpaired) electrons. The minimum Gasteiger partial charge on any atom is -0.354 e. The lowest BCUT2D eigenvalue weighted by Crippen LogP contribution is -2.49. The lowest BCUT2D eigenvalue weighted by molar-refractivity contribution is -0.140. The number of carbonyl (C=O) groups excluding carboxylic acids is 2. The normalized spacial score (nSPS) is 11.7. The topological polar surface area (TPSA) is 49.4 Å². The Bertz CT molecular complexity index is 789. The number of benzene rings is 2. The van der Waals surface area contributed by atoms with Gasteiger partial charge in [-0.1, -0.05) is 67.4 Å². The Morgan fingerprint density at radius 1 is 1.07 bits per heavy atom. The maximum absolute atomic E-state index is 13.2. The Labute approximate surface area is 172 Å². The van der Waals surface area contributed by atoms with Gasteiger partial charge in [0.1, 0.15) is 6.04 Å². The summed E-state index contributed by atoms with van der Waals surface area (Å²) in [5, 5.41) is 3.58. The molecule has 5 heteroatoms. The summed E-state index contributed by atoms with van der Waals surface area (Å²) in [6.07, 6.45) is 1.69. The van der Waals surface area contributed by atoms with Gasteiger partial charge in [0.25, 0.3) is 0 Å². The lowest BCUT2D eigenvalue weighted by Gasteiger charge is -2.31. The zero-order valence-corrected chi connectivity index (χ0v) is 17.6. The molecule has 4 nitrogen and oxygen atoms in total. The van der Waals surface area contributed by atoms with Gasteiger partial charge in [-0.2, -0.15) is 0 Å². The minimum absolute atomic E-state index is 0.0564. The summed E-state index contributed by atoms with van der Waals surface area (Å²) in [4.78, 5) is 27.6. The van der Waals surface area contributed by atoms with Gasteiger partial charge in [-0.05, 0) is 43.0 Å². The van der Waals surface area contributed by atoms with Crippen molar-refractivity contribution >= 4 is 23.4 Å². The zero-order chi connectivity index (χ0) is 20.5. The fourth-order valence-corrected chi connectivity index (χ4v) is 3.30. The Morgan fingerprint density at radius 2 is 1.79 bits per heavy atom. The first-order valence-electron chi connectivity index (χ1n) is 9.81. The standard InChI is InChI=1S/C23H29ClN2O2/c1-4-13-25-23(28)21(5-2)26(16-18-9-11-20(24)12-10-18)22(27)15-19-8-6-7-17(3)14-19/h6-12,14,21H,4-5,13,15-16H2,1-3H3,(H,25,28)/t21-/m1/s1. The summed E-state index contributed by atoms with van der Waals surface area (Å²) in [5.41, 5.74) is 3.01. The molecule has 1 atom stereocenters. The number of nitrogens with zero attached hydrogens (tertiary/aromatic N) is 1. The Hall–Kier alpha value is -2.33. The first kappa shape index (κ1) is 22.0. The lowest BCUT2D eigenvalue weighted by atomic mass is 10.1. The Kier molecular flexibility index (Phi) is 8.52. The summed E-state index contributed by atoms with van der Waals surface area (Å²) in [6.45, 7) is 6.93. The second kappa shape index (κ2) is 10.9. The third kappa shape index (κ3) is 6.38. The first-order valence-corrected chi connectivity index (χ1v) is 10.2. The third-order valence-corrected chi connectivity index (χ3v) is 4.89. The van der Waals surface area contributed by atoms with E-state index in [0.717, 1.165) is 23.1 Å². The molecule has 0 aromatic heterocycles. The van der Waals surface area contributed by atoms with Crippen LogP contribution in [-0.4, -0.2) is 29.3 Å². The number of hydrogen-bond acceptors (Lipinski definition) is 2. The SMILES string of the molecule is CCCNC(=O)[C@@H](CC)N(Cc1ccc(Cl)cc1)C(=O)Cc1cccc(C)c1. The van der Waals surface area contributed by atoms with E-state index in [0.29, 0.717) is 24.5 Å². The van der Waals surface area contributed by atoms with Gasteiger partial charge < -0.3 is 10.2 Å². The van der Waals surface area contributed by atoms with Crippen LogP contribution in [-0.2, 0) is 22.6 Å². The van der Waals surface area contributed by atoms with Crippen LogP contribution < -0.4 is 5.32 Å². The molecule has 0 aliphatic carbocycles. The van der Waals surface area contributed by atoms with E-state index in [1.807, 2.05) is 57.2 Å². The fraction of sp³-hybridized carbons (Fsp3) is 0.391. The van der Waals surface area contributed by atoms with Crippen molar-refractivity contribution < 1.29 is 9.59 Å². The number of aryl methyl sites for hydroxylation is 1. The molecule has 2 amide bonds. The maximum Gasteiger partial charge on any atom is 0.242 e. The van der Waals surface area contributed by atoms with Crippen molar-refractivity contribution in [3.8, 4) is 0 Å². The molecule has 0 saturated heterocycles. The number of nitrogens with one attached hydrogen (secondary N) is 1. The summed E-state index contributed by atoms with van der Waals surface area (Å²) in [7, 11) is 0. The van der Waals surface area contributed by atoms with Gasteiger partial charge in [-0.15, -0.1) is 0 Å². The van der Waals surface area contributed by atoms with Gasteiger partial charge >= 0.3 is 0 Å². The van der Waals surface area contributed by atoms with Crippen LogP contribution in [0.4, 0.5) is 0 Å². The quantitative estimate of drug-likeness (QED) is 0.672. The number of rotatable bonds is 9. The van der Waals surface area contributed by atoms with Crippen molar-refractivity contribution in [2.45, 2.75) is 52.6 Å². The van der Waals surface area contributed by atoms with E-state index in [4.69, 9.17) is 11.6 Å². The highest BCUT2D eigenvalue weighted by Gasteiger charge is 2.28. The van der Waals surface area contributed by atoms with E-state index < -0.39 is 6.04 Å². The third-order valence-electron chi connectivity index (χ3n) is 4.64. The monoisotopic (exact) mass is 400 g/mol. The predicted octanol–water partition coefficient (Wildman–Crippen LogP) is 4.52. The van der Waals surface area contributed by atoms with Gasteiger partial charge in [0.05, 0.1) is 6.42 Å². The summed E-state index contributed by atoms with van der Waals surface area (Å²) in [5.74, 6) is -0.157. The molecule has 0 spiro atoms. The van der Waals surface area contributed by atoms with Gasteiger partial charge in [0.2, 0.25) is 11.8 Å². The Morgan fingerprint density at radius 3 is 2.39 bits per heavy atom. The van der Waals surface area contributed by atoms with E-state index in [-0.39, 0.29) is 18.2 Å². The van der Waals surface area contributed by atoms with Crippen LogP contribution in [0.25, 0.3) is 0 Å². The molecule has 2 rings (SSSR count). The van der Waals surface area contributed by atoms with Crippen LogP contribution in [0.2, 0.25) is 5.02 Å². The van der Waals surface area contributed by atoms with Crippen molar-refractivity contribution in [1.29, 1.82) is 0 Å². The van der Waals surface area contributed by atoms with Crippen LogP contribution in [0.5, 0.6) is 0 Å². The van der Waals surface area contributed by atoms with Crippen molar-refractivity contribution in [1.82, 2.24) is 10.2 Å². The van der Waals surface area contributed by atoms with E-state index in [9.17, 15) is 9.59 Å². The highest BCUT2D eigenvalue weighted by atomic mass is 35.5. The van der Waals surface area contributed by atoms with Gasteiger partial charge in [0.15, 0.2) is 0 Å². The molecule has 2 aromatic rings. The molecule has 0 aliphatic heterocycles.